The number of aromatic nitrogens is 4. The highest BCUT2D eigenvalue weighted by molar-refractivity contribution is 5.83. The van der Waals surface area contributed by atoms with Gasteiger partial charge < -0.3 is 9.64 Å². The van der Waals surface area contributed by atoms with Crippen molar-refractivity contribution in [3.8, 4) is 17.0 Å². The Morgan fingerprint density at radius 2 is 2.00 bits per heavy atom. The molecule has 0 unspecified atom stereocenters. The molecule has 0 atom stereocenters. The molecule has 2 heterocycles. The molecule has 31 heavy (non-hydrogen) atoms. The summed E-state index contributed by atoms with van der Waals surface area (Å²) >= 11 is 0. The third-order valence-corrected chi connectivity index (χ3v) is 5.67. The lowest BCUT2D eigenvalue weighted by molar-refractivity contribution is 0.415. The smallest absolute Gasteiger partial charge is 0.121 e. The molecule has 0 radical (unpaired) electrons. The molecular formula is C25H25N5O. The Morgan fingerprint density at radius 1 is 1.13 bits per heavy atom. The topological polar surface area (TPSA) is 56.1 Å². The van der Waals surface area contributed by atoms with Gasteiger partial charge in [-0.2, -0.15) is 5.10 Å². The number of methoxy groups -OCH3 is 1. The molecular weight excluding hydrogens is 386 g/mol. The van der Waals surface area contributed by atoms with E-state index in [1.807, 2.05) is 37.7 Å². The Hall–Kier alpha value is -3.67. The van der Waals surface area contributed by atoms with Crippen molar-refractivity contribution in [2.45, 2.75) is 12.8 Å². The van der Waals surface area contributed by atoms with E-state index >= 15 is 0 Å². The Kier molecular flexibility index (Phi) is 4.90. The summed E-state index contributed by atoms with van der Waals surface area (Å²) in [7, 11) is 3.60. The van der Waals surface area contributed by atoms with Crippen LogP contribution in [-0.2, 0) is 7.05 Å². The van der Waals surface area contributed by atoms with Crippen LogP contribution in [0.1, 0.15) is 18.4 Å². The molecule has 0 bridgehead atoms. The minimum Gasteiger partial charge on any atom is -0.497 e. The number of hydrogen-bond acceptors (Lipinski definition) is 5. The Labute approximate surface area is 181 Å². The van der Waals surface area contributed by atoms with Gasteiger partial charge in [-0.1, -0.05) is 12.7 Å². The van der Waals surface area contributed by atoms with Crippen LogP contribution in [0.2, 0.25) is 0 Å². The van der Waals surface area contributed by atoms with Crippen LogP contribution >= 0.6 is 0 Å². The van der Waals surface area contributed by atoms with Crippen molar-refractivity contribution < 1.29 is 4.74 Å². The zero-order valence-corrected chi connectivity index (χ0v) is 17.8. The van der Waals surface area contributed by atoms with E-state index in [-0.39, 0.29) is 0 Å². The van der Waals surface area contributed by atoms with Gasteiger partial charge in [0.05, 0.1) is 36.2 Å². The fourth-order valence-corrected chi connectivity index (χ4v) is 3.78. The minimum absolute atomic E-state index is 0.710. The molecule has 2 aromatic carbocycles. The molecule has 156 valence electrons. The number of benzene rings is 2. The number of hydrogen-bond donors (Lipinski definition) is 0. The zero-order chi connectivity index (χ0) is 21.4. The molecule has 6 nitrogen and oxygen atoms in total. The molecule has 1 aliphatic rings. The summed E-state index contributed by atoms with van der Waals surface area (Å²) in [5.74, 6) is 1.54. The average Bonchev–Trinajstić information content (AvgIpc) is 3.53. The molecule has 0 amide bonds. The molecule has 5 rings (SSSR count). The van der Waals surface area contributed by atoms with Crippen molar-refractivity contribution >= 4 is 28.5 Å². The van der Waals surface area contributed by atoms with Crippen molar-refractivity contribution in [3.63, 3.8) is 0 Å². The lowest BCUT2D eigenvalue weighted by Crippen LogP contribution is -2.20. The van der Waals surface area contributed by atoms with E-state index in [2.05, 4.69) is 45.8 Å². The summed E-state index contributed by atoms with van der Waals surface area (Å²) in [6.07, 6.45) is 9.96. The van der Waals surface area contributed by atoms with Gasteiger partial charge in [-0.3, -0.25) is 9.67 Å². The second-order valence-corrected chi connectivity index (χ2v) is 8.05. The summed E-state index contributed by atoms with van der Waals surface area (Å²) in [6.45, 7) is 4.90. The predicted octanol–water partition coefficient (Wildman–Crippen LogP) is 5.23. The number of nitrogens with zero attached hydrogens (tertiary/aromatic N) is 5. The van der Waals surface area contributed by atoms with Crippen molar-refractivity contribution in [2.75, 3.05) is 18.6 Å². The quantitative estimate of drug-likeness (QED) is 0.417. The van der Waals surface area contributed by atoms with Crippen LogP contribution in [0.15, 0.2) is 61.6 Å². The van der Waals surface area contributed by atoms with Crippen LogP contribution in [0.5, 0.6) is 5.75 Å². The lowest BCUT2D eigenvalue weighted by Gasteiger charge is -2.26. The van der Waals surface area contributed by atoms with E-state index in [4.69, 9.17) is 9.72 Å². The summed E-state index contributed by atoms with van der Waals surface area (Å²) < 4.78 is 7.31. The second-order valence-electron chi connectivity index (χ2n) is 8.05. The Balaban J connectivity index is 1.59. The fourth-order valence-electron chi connectivity index (χ4n) is 3.78. The first-order valence-corrected chi connectivity index (χ1v) is 10.5. The summed E-state index contributed by atoms with van der Waals surface area (Å²) in [4.78, 5) is 11.8. The molecule has 0 spiro atoms. The van der Waals surface area contributed by atoms with Crippen LogP contribution < -0.4 is 9.64 Å². The minimum atomic E-state index is 0.710. The van der Waals surface area contributed by atoms with E-state index in [0.717, 1.165) is 51.5 Å². The van der Waals surface area contributed by atoms with Gasteiger partial charge in [0, 0.05) is 42.8 Å². The normalized spacial score (nSPS) is 13.4. The van der Waals surface area contributed by atoms with Gasteiger partial charge in [0.1, 0.15) is 5.75 Å². The summed E-state index contributed by atoms with van der Waals surface area (Å²) in [5, 5.41) is 4.25. The lowest BCUT2D eigenvalue weighted by atomic mass is 10.1. The van der Waals surface area contributed by atoms with Crippen LogP contribution in [0.4, 0.5) is 11.4 Å². The standard InChI is InChI=1S/C25H25N5O/c1-4-17-9-21(11-22(10-17)31-3)30(15-18-5-6-18)20-7-8-23-24(12-20)28-25(14-26-23)19-13-27-29(2)16-19/h4,7-14,16,18H,1,5-6,15H2,2-3H3. The van der Waals surface area contributed by atoms with Crippen LogP contribution in [0.25, 0.3) is 28.4 Å². The van der Waals surface area contributed by atoms with E-state index in [9.17, 15) is 0 Å². The van der Waals surface area contributed by atoms with Gasteiger partial charge in [-0.25, -0.2) is 4.98 Å². The highest BCUT2D eigenvalue weighted by Crippen LogP contribution is 2.37. The average molecular weight is 412 g/mol. The van der Waals surface area contributed by atoms with E-state index in [1.165, 1.54) is 12.8 Å². The first kappa shape index (κ1) is 19.3. The number of ether oxygens (including phenoxy) is 1. The maximum absolute atomic E-state index is 5.54. The van der Waals surface area contributed by atoms with Crippen LogP contribution in [-0.4, -0.2) is 33.4 Å². The van der Waals surface area contributed by atoms with Crippen molar-refractivity contribution in [2.24, 2.45) is 13.0 Å². The van der Waals surface area contributed by atoms with Crippen LogP contribution in [0, 0.1) is 5.92 Å². The molecule has 1 aliphatic carbocycles. The summed E-state index contributed by atoms with van der Waals surface area (Å²) in [5.41, 5.74) is 6.75. The van der Waals surface area contributed by atoms with E-state index in [0.29, 0.717) is 5.92 Å². The maximum Gasteiger partial charge on any atom is 0.121 e. The molecule has 0 saturated heterocycles. The number of anilines is 2. The number of fused-ring (bicyclic) bond motifs is 1. The highest BCUT2D eigenvalue weighted by Gasteiger charge is 2.26. The van der Waals surface area contributed by atoms with Gasteiger partial charge in [0.2, 0.25) is 0 Å². The largest absolute Gasteiger partial charge is 0.497 e. The van der Waals surface area contributed by atoms with Gasteiger partial charge >= 0.3 is 0 Å². The van der Waals surface area contributed by atoms with Gasteiger partial charge in [0.25, 0.3) is 0 Å². The number of rotatable bonds is 7. The molecule has 1 fully saturated rings. The molecule has 1 saturated carbocycles. The van der Waals surface area contributed by atoms with Gasteiger partial charge in [0.15, 0.2) is 0 Å². The molecule has 4 aromatic rings. The third-order valence-electron chi connectivity index (χ3n) is 5.67. The monoisotopic (exact) mass is 411 g/mol. The maximum atomic E-state index is 5.54. The van der Waals surface area contributed by atoms with Crippen molar-refractivity contribution in [3.05, 3.63) is 67.1 Å². The second kappa shape index (κ2) is 7.87. The Bertz CT molecular complexity index is 1260. The molecule has 0 aliphatic heterocycles. The first-order chi connectivity index (χ1) is 15.1. The number of aryl methyl sites for hydroxylation is 1. The van der Waals surface area contributed by atoms with Gasteiger partial charge in [-0.05, 0) is 54.7 Å². The van der Waals surface area contributed by atoms with Crippen molar-refractivity contribution in [1.82, 2.24) is 19.7 Å². The van der Waals surface area contributed by atoms with Crippen LogP contribution in [0.3, 0.4) is 0 Å². The van der Waals surface area contributed by atoms with E-state index < -0.39 is 0 Å². The molecule has 6 heteroatoms. The Morgan fingerprint density at radius 3 is 2.71 bits per heavy atom. The fraction of sp³-hybridized carbons (Fsp3) is 0.240. The zero-order valence-electron chi connectivity index (χ0n) is 17.8. The van der Waals surface area contributed by atoms with E-state index in [1.54, 1.807) is 18.0 Å². The SMILES string of the molecule is C=Cc1cc(OC)cc(N(CC2CC2)c2ccc3ncc(-c4cnn(C)c4)nc3c2)c1. The predicted molar refractivity (Wildman–Crippen MR) is 125 cm³/mol. The highest BCUT2D eigenvalue weighted by atomic mass is 16.5. The first-order valence-electron chi connectivity index (χ1n) is 10.5. The summed E-state index contributed by atoms with van der Waals surface area (Å²) in [6, 6.07) is 12.5. The van der Waals surface area contributed by atoms with Gasteiger partial charge in [-0.15, -0.1) is 0 Å². The molecule has 0 N–H and O–H groups in total. The molecule has 2 aromatic heterocycles. The third kappa shape index (κ3) is 4.01. The van der Waals surface area contributed by atoms with Crippen molar-refractivity contribution in [1.29, 1.82) is 0 Å².